The Morgan fingerprint density at radius 3 is 2.95 bits per heavy atom. The first-order chi connectivity index (χ1) is 9.34. The smallest absolute Gasteiger partial charge is 0.256 e. The number of nitrogens with zero attached hydrogens (tertiary/aromatic N) is 2. The molecule has 0 spiro atoms. The van der Waals surface area contributed by atoms with Gasteiger partial charge in [-0.2, -0.15) is 0 Å². The minimum Gasteiger partial charge on any atom is -0.385 e. The second kappa shape index (κ2) is 5.06. The number of fused-ring (bicyclic) bond motifs is 1. The highest BCUT2D eigenvalue weighted by atomic mass is 16.1. The Kier molecular flexibility index (Phi) is 3.10. The Hall–Kier alpha value is -2.43. The summed E-state index contributed by atoms with van der Waals surface area (Å²) < 4.78 is 0. The van der Waals surface area contributed by atoms with E-state index in [1.165, 1.54) is 6.33 Å². The van der Waals surface area contributed by atoms with Crippen LogP contribution < -0.4 is 10.6 Å². The van der Waals surface area contributed by atoms with Crippen LogP contribution in [-0.4, -0.2) is 22.4 Å². The van der Waals surface area contributed by atoms with E-state index < -0.39 is 0 Å². The van der Waals surface area contributed by atoms with E-state index in [-0.39, 0.29) is 5.91 Å². The van der Waals surface area contributed by atoms with Crippen molar-refractivity contribution in [3.05, 3.63) is 48.0 Å². The zero-order valence-electron chi connectivity index (χ0n) is 10.4. The van der Waals surface area contributed by atoms with Gasteiger partial charge in [-0.1, -0.05) is 6.07 Å². The highest BCUT2D eigenvalue weighted by Crippen LogP contribution is 2.25. The number of anilines is 2. The van der Waals surface area contributed by atoms with E-state index in [1.54, 1.807) is 12.4 Å². The van der Waals surface area contributed by atoms with Crippen LogP contribution in [-0.2, 0) is 6.42 Å². The number of benzene rings is 1. The van der Waals surface area contributed by atoms with Gasteiger partial charge < -0.3 is 10.6 Å². The minimum absolute atomic E-state index is 0.115. The number of carbonyl (C=O) groups excluding carboxylic acids is 1. The quantitative estimate of drug-likeness (QED) is 0.861. The molecule has 2 N–H and O–H groups in total. The largest absolute Gasteiger partial charge is 0.385 e. The summed E-state index contributed by atoms with van der Waals surface area (Å²) >= 11 is 0. The van der Waals surface area contributed by atoms with Crippen molar-refractivity contribution in [1.29, 1.82) is 0 Å². The molecule has 1 aliphatic heterocycles. The van der Waals surface area contributed by atoms with Crippen molar-refractivity contribution in [2.24, 2.45) is 0 Å². The summed E-state index contributed by atoms with van der Waals surface area (Å²) in [6, 6.07) is 5.76. The lowest BCUT2D eigenvalue weighted by Crippen LogP contribution is -2.19. The molecule has 0 atom stereocenters. The van der Waals surface area contributed by atoms with Crippen molar-refractivity contribution in [2.75, 3.05) is 17.2 Å². The van der Waals surface area contributed by atoms with Crippen molar-refractivity contribution >= 4 is 17.3 Å². The maximum Gasteiger partial charge on any atom is 0.256 e. The topological polar surface area (TPSA) is 66.9 Å². The Morgan fingerprint density at radius 1 is 1.26 bits per heavy atom. The van der Waals surface area contributed by atoms with Crippen molar-refractivity contribution < 1.29 is 4.79 Å². The van der Waals surface area contributed by atoms with Crippen LogP contribution in [0.25, 0.3) is 0 Å². The molecule has 0 aliphatic carbocycles. The standard InChI is InChI=1S/C14H14N4O/c19-14(18-10-7-15-9-16-8-10)12-3-1-5-13-11(12)4-2-6-17-13/h1,3,5,7-9,17H,2,4,6H2,(H,18,19). The third kappa shape index (κ3) is 2.40. The molecule has 0 radical (unpaired) electrons. The molecule has 2 heterocycles. The second-order valence-electron chi connectivity index (χ2n) is 4.44. The van der Waals surface area contributed by atoms with Crippen LogP contribution in [0.2, 0.25) is 0 Å². The molecule has 1 aromatic heterocycles. The summed E-state index contributed by atoms with van der Waals surface area (Å²) in [5, 5.41) is 6.13. The van der Waals surface area contributed by atoms with Crippen LogP contribution in [0.5, 0.6) is 0 Å². The predicted molar refractivity (Wildman–Crippen MR) is 73.2 cm³/mol. The molecule has 2 aromatic rings. The Labute approximate surface area is 111 Å². The summed E-state index contributed by atoms with van der Waals surface area (Å²) in [5.74, 6) is -0.115. The number of hydrogen-bond acceptors (Lipinski definition) is 4. The molecule has 5 heteroatoms. The monoisotopic (exact) mass is 254 g/mol. The van der Waals surface area contributed by atoms with Crippen molar-refractivity contribution in [3.63, 3.8) is 0 Å². The molecule has 1 aliphatic rings. The van der Waals surface area contributed by atoms with Gasteiger partial charge in [-0.3, -0.25) is 4.79 Å². The maximum absolute atomic E-state index is 12.3. The number of amides is 1. The summed E-state index contributed by atoms with van der Waals surface area (Å²) in [5.41, 5.74) is 3.47. The van der Waals surface area contributed by atoms with Crippen molar-refractivity contribution in [2.45, 2.75) is 12.8 Å². The Morgan fingerprint density at radius 2 is 2.11 bits per heavy atom. The van der Waals surface area contributed by atoms with Crippen LogP contribution in [0, 0.1) is 0 Å². The first-order valence-electron chi connectivity index (χ1n) is 6.27. The molecule has 1 amide bonds. The molecule has 0 fully saturated rings. The molecular formula is C14H14N4O. The van der Waals surface area contributed by atoms with Gasteiger partial charge in [0.2, 0.25) is 0 Å². The average Bonchev–Trinajstić information content (AvgIpc) is 2.47. The molecule has 0 unspecified atom stereocenters. The summed E-state index contributed by atoms with van der Waals surface area (Å²) in [6.07, 6.45) is 6.57. The van der Waals surface area contributed by atoms with E-state index in [0.29, 0.717) is 11.3 Å². The van der Waals surface area contributed by atoms with Gasteiger partial charge in [0.25, 0.3) is 5.91 Å². The molecule has 0 bridgehead atoms. The van der Waals surface area contributed by atoms with Gasteiger partial charge in [0.05, 0.1) is 18.1 Å². The lowest BCUT2D eigenvalue weighted by atomic mass is 9.97. The molecule has 0 saturated carbocycles. The van der Waals surface area contributed by atoms with Crippen LogP contribution in [0.3, 0.4) is 0 Å². The van der Waals surface area contributed by atoms with Crippen LogP contribution in [0.15, 0.2) is 36.9 Å². The SMILES string of the molecule is O=C(Nc1cncnc1)c1cccc2c1CCCN2. The van der Waals surface area contributed by atoms with Gasteiger partial charge in [-0.05, 0) is 30.5 Å². The molecule has 96 valence electrons. The molecular weight excluding hydrogens is 240 g/mol. The van der Waals surface area contributed by atoms with Crippen molar-refractivity contribution in [1.82, 2.24) is 9.97 Å². The van der Waals surface area contributed by atoms with Crippen molar-refractivity contribution in [3.8, 4) is 0 Å². The van der Waals surface area contributed by atoms with Crippen LogP contribution in [0.1, 0.15) is 22.3 Å². The van der Waals surface area contributed by atoms with Gasteiger partial charge in [-0.15, -0.1) is 0 Å². The lowest BCUT2D eigenvalue weighted by molar-refractivity contribution is 0.102. The number of hydrogen-bond donors (Lipinski definition) is 2. The van der Waals surface area contributed by atoms with Crippen LogP contribution in [0.4, 0.5) is 11.4 Å². The zero-order valence-corrected chi connectivity index (χ0v) is 10.4. The fourth-order valence-electron chi connectivity index (χ4n) is 2.28. The number of rotatable bonds is 2. The minimum atomic E-state index is -0.115. The highest BCUT2D eigenvalue weighted by Gasteiger charge is 2.17. The summed E-state index contributed by atoms with van der Waals surface area (Å²) in [6.45, 7) is 0.963. The Bertz CT molecular complexity index is 598. The molecule has 0 saturated heterocycles. The second-order valence-corrected chi connectivity index (χ2v) is 4.44. The fourth-order valence-corrected chi connectivity index (χ4v) is 2.28. The summed E-state index contributed by atoms with van der Waals surface area (Å²) in [4.78, 5) is 20.1. The molecule has 3 rings (SSSR count). The van der Waals surface area contributed by atoms with E-state index in [4.69, 9.17) is 0 Å². The molecule has 1 aromatic carbocycles. The fraction of sp³-hybridized carbons (Fsp3) is 0.214. The van der Waals surface area contributed by atoms with E-state index >= 15 is 0 Å². The third-order valence-electron chi connectivity index (χ3n) is 3.16. The normalized spacial score (nSPS) is 13.3. The first kappa shape index (κ1) is 11.6. The van der Waals surface area contributed by atoms with Crippen LogP contribution >= 0.6 is 0 Å². The molecule has 5 nitrogen and oxygen atoms in total. The number of nitrogens with one attached hydrogen (secondary N) is 2. The third-order valence-corrected chi connectivity index (χ3v) is 3.16. The van der Waals surface area contributed by atoms with Gasteiger partial charge in [0, 0.05) is 17.8 Å². The highest BCUT2D eigenvalue weighted by molar-refractivity contribution is 6.06. The van der Waals surface area contributed by atoms with E-state index in [1.807, 2.05) is 18.2 Å². The maximum atomic E-state index is 12.3. The predicted octanol–water partition coefficient (Wildman–Crippen LogP) is 2.09. The van der Waals surface area contributed by atoms with Gasteiger partial charge in [0.15, 0.2) is 0 Å². The van der Waals surface area contributed by atoms with Gasteiger partial charge in [0.1, 0.15) is 6.33 Å². The van der Waals surface area contributed by atoms with E-state index in [0.717, 1.165) is 30.6 Å². The van der Waals surface area contributed by atoms with E-state index in [2.05, 4.69) is 20.6 Å². The van der Waals surface area contributed by atoms with Gasteiger partial charge >= 0.3 is 0 Å². The average molecular weight is 254 g/mol. The summed E-state index contributed by atoms with van der Waals surface area (Å²) in [7, 11) is 0. The zero-order chi connectivity index (χ0) is 13.1. The number of aromatic nitrogens is 2. The Balaban J connectivity index is 1.88. The first-order valence-corrected chi connectivity index (χ1v) is 6.27. The number of carbonyl (C=O) groups is 1. The van der Waals surface area contributed by atoms with Gasteiger partial charge in [-0.25, -0.2) is 9.97 Å². The lowest BCUT2D eigenvalue weighted by Gasteiger charge is -2.20. The molecule has 19 heavy (non-hydrogen) atoms. The van der Waals surface area contributed by atoms with E-state index in [9.17, 15) is 4.79 Å².